The molecule has 0 saturated carbocycles. The first-order valence-electron chi connectivity index (χ1n) is 9.52. The lowest BCUT2D eigenvalue weighted by Crippen LogP contribution is -2.36. The molecule has 6 nitrogen and oxygen atoms in total. The maximum Gasteiger partial charge on any atom is 0.318 e. The van der Waals surface area contributed by atoms with Crippen LogP contribution in [0.1, 0.15) is 47.2 Å². The molecule has 0 saturated heterocycles. The predicted octanol–water partition coefficient (Wildman–Crippen LogP) is 3.10. The second-order valence-corrected chi connectivity index (χ2v) is 6.77. The van der Waals surface area contributed by atoms with Gasteiger partial charge in [-0.15, -0.1) is 0 Å². The van der Waals surface area contributed by atoms with Crippen molar-refractivity contribution in [2.24, 2.45) is 0 Å². The van der Waals surface area contributed by atoms with Gasteiger partial charge in [0.2, 0.25) is 0 Å². The standard InChI is InChI=1S/C21H26N4O2/c26-20(17-8-4-3-5-9-17)23-11-6-1-2-7-12-24-21(27)25-15-18-10-13-22-14-19(18)16-25/h3-5,8-10,13-14H,1-2,6-7,11-12,15-16H2,(H,23,26)(H,24,27). The quantitative estimate of drug-likeness (QED) is 0.705. The van der Waals surface area contributed by atoms with Gasteiger partial charge in [0, 0.05) is 44.1 Å². The highest BCUT2D eigenvalue weighted by molar-refractivity contribution is 5.94. The van der Waals surface area contributed by atoms with Crippen molar-refractivity contribution < 1.29 is 9.59 Å². The van der Waals surface area contributed by atoms with Gasteiger partial charge in [-0.25, -0.2) is 4.79 Å². The molecule has 0 radical (unpaired) electrons. The van der Waals surface area contributed by atoms with E-state index < -0.39 is 0 Å². The number of hydrogen-bond donors (Lipinski definition) is 2. The summed E-state index contributed by atoms with van der Waals surface area (Å²) in [5.74, 6) is -0.0235. The average Bonchev–Trinajstić information content (AvgIpc) is 3.14. The number of amides is 3. The molecule has 0 unspecified atom stereocenters. The summed E-state index contributed by atoms with van der Waals surface area (Å²) in [7, 11) is 0. The maximum atomic E-state index is 12.2. The van der Waals surface area contributed by atoms with Crippen LogP contribution in [0.25, 0.3) is 0 Å². The van der Waals surface area contributed by atoms with Crippen molar-refractivity contribution in [2.75, 3.05) is 13.1 Å². The third-order valence-electron chi connectivity index (χ3n) is 4.72. The Morgan fingerprint density at radius 3 is 2.33 bits per heavy atom. The van der Waals surface area contributed by atoms with Crippen molar-refractivity contribution in [3.05, 3.63) is 65.5 Å². The first-order valence-corrected chi connectivity index (χ1v) is 9.52. The number of urea groups is 1. The van der Waals surface area contributed by atoms with Crippen LogP contribution in [0.3, 0.4) is 0 Å². The van der Waals surface area contributed by atoms with Gasteiger partial charge in [-0.2, -0.15) is 0 Å². The van der Waals surface area contributed by atoms with Crippen LogP contribution in [-0.2, 0) is 13.1 Å². The normalized spacial score (nSPS) is 12.5. The number of pyridine rings is 1. The summed E-state index contributed by atoms with van der Waals surface area (Å²) in [5.41, 5.74) is 3.00. The Balaban J connectivity index is 1.21. The zero-order chi connectivity index (χ0) is 18.9. The Kier molecular flexibility index (Phi) is 6.79. The van der Waals surface area contributed by atoms with Crippen molar-refractivity contribution >= 4 is 11.9 Å². The number of nitrogens with one attached hydrogen (secondary N) is 2. The van der Waals surface area contributed by atoms with Gasteiger partial charge in [0.15, 0.2) is 0 Å². The molecule has 1 aliphatic rings. The summed E-state index contributed by atoms with van der Waals surface area (Å²) < 4.78 is 0. The molecular weight excluding hydrogens is 340 g/mol. The third-order valence-corrected chi connectivity index (χ3v) is 4.72. The lowest BCUT2D eigenvalue weighted by atomic mass is 10.2. The molecule has 2 heterocycles. The van der Waals surface area contributed by atoms with Crippen molar-refractivity contribution in [1.29, 1.82) is 0 Å². The number of fused-ring (bicyclic) bond motifs is 1. The van der Waals surface area contributed by atoms with Gasteiger partial charge in [-0.05, 0) is 42.2 Å². The number of carbonyl (C=O) groups is 2. The van der Waals surface area contributed by atoms with E-state index in [1.165, 1.54) is 5.56 Å². The highest BCUT2D eigenvalue weighted by atomic mass is 16.2. The van der Waals surface area contributed by atoms with Gasteiger partial charge in [-0.1, -0.05) is 31.0 Å². The molecule has 27 heavy (non-hydrogen) atoms. The zero-order valence-corrected chi connectivity index (χ0v) is 15.5. The van der Waals surface area contributed by atoms with E-state index in [4.69, 9.17) is 0 Å². The van der Waals surface area contributed by atoms with Gasteiger partial charge in [0.25, 0.3) is 5.91 Å². The second kappa shape index (κ2) is 9.71. The van der Waals surface area contributed by atoms with Crippen LogP contribution >= 0.6 is 0 Å². The van der Waals surface area contributed by atoms with E-state index in [1.54, 1.807) is 6.20 Å². The fraction of sp³-hybridized carbons (Fsp3) is 0.381. The van der Waals surface area contributed by atoms with E-state index in [2.05, 4.69) is 15.6 Å². The molecule has 1 aromatic heterocycles. The molecule has 0 fully saturated rings. The average molecular weight is 366 g/mol. The fourth-order valence-electron chi connectivity index (χ4n) is 3.17. The van der Waals surface area contributed by atoms with E-state index in [-0.39, 0.29) is 11.9 Å². The molecule has 0 atom stereocenters. The lowest BCUT2D eigenvalue weighted by molar-refractivity contribution is 0.0953. The van der Waals surface area contributed by atoms with Gasteiger partial charge in [0.1, 0.15) is 0 Å². The van der Waals surface area contributed by atoms with Gasteiger partial charge >= 0.3 is 6.03 Å². The Morgan fingerprint density at radius 2 is 1.59 bits per heavy atom. The SMILES string of the molecule is O=C(NCCCCCCNC(=O)N1Cc2ccncc2C1)c1ccccc1. The molecule has 1 aliphatic heterocycles. The second-order valence-electron chi connectivity index (χ2n) is 6.77. The number of rotatable bonds is 8. The minimum Gasteiger partial charge on any atom is -0.352 e. The van der Waals surface area contributed by atoms with E-state index in [0.29, 0.717) is 31.7 Å². The van der Waals surface area contributed by atoms with Gasteiger partial charge < -0.3 is 15.5 Å². The molecule has 0 bridgehead atoms. The van der Waals surface area contributed by atoms with Crippen molar-refractivity contribution in [3.63, 3.8) is 0 Å². The number of benzene rings is 1. The number of aromatic nitrogens is 1. The zero-order valence-electron chi connectivity index (χ0n) is 15.5. The molecule has 6 heteroatoms. The predicted molar refractivity (Wildman–Crippen MR) is 104 cm³/mol. The van der Waals surface area contributed by atoms with Crippen LogP contribution < -0.4 is 10.6 Å². The van der Waals surface area contributed by atoms with Gasteiger partial charge in [0.05, 0.1) is 0 Å². The smallest absolute Gasteiger partial charge is 0.318 e. The molecule has 3 rings (SSSR count). The minimum absolute atomic E-state index is 0.0127. The first kappa shape index (κ1) is 18.9. The van der Waals surface area contributed by atoms with Crippen molar-refractivity contribution in [1.82, 2.24) is 20.5 Å². The van der Waals surface area contributed by atoms with Crippen LogP contribution in [0.15, 0.2) is 48.8 Å². The topological polar surface area (TPSA) is 74.3 Å². The molecule has 0 spiro atoms. The van der Waals surface area contributed by atoms with Crippen LogP contribution in [0, 0.1) is 0 Å². The van der Waals surface area contributed by atoms with E-state index in [9.17, 15) is 9.59 Å². The molecule has 1 aromatic carbocycles. The van der Waals surface area contributed by atoms with Crippen molar-refractivity contribution in [3.8, 4) is 0 Å². The summed E-state index contributed by atoms with van der Waals surface area (Å²) in [6, 6.07) is 11.2. The van der Waals surface area contributed by atoms with E-state index in [0.717, 1.165) is 31.2 Å². The molecule has 0 aliphatic carbocycles. The molecular formula is C21H26N4O2. The van der Waals surface area contributed by atoms with E-state index in [1.807, 2.05) is 47.5 Å². The first-order chi connectivity index (χ1) is 13.2. The Labute approximate surface area is 160 Å². The largest absolute Gasteiger partial charge is 0.352 e. The Morgan fingerprint density at radius 1 is 0.889 bits per heavy atom. The number of carbonyl (C=O) groups excluding carboxylic acids is 2. The fourth-order valence-corrected chi connectivity index (χ4v) is 3.17. The summed E-state index contributed by atoms with van der Waals surface area (Å²) >= 11 is 0. The van der Waals surface area contributed by atoms with Crippen molar-refractivity contribution in [2.45, 2.75) is 38.8 Å². The van der Waals surface area contributed by atoms with E-state index >= 15 is 0 Å². The summed E-state index contributed by atoms with van der Waals surface area (Å²) in [5, 5.41) is 5.92. The van der Waals surface area contributed by atoms with Crippen LogP contribution in [-0.4, -0.2) is 34.9 Å². The summed E-state index contributed by atoms with van der Waals surface area (Å²) in [6.07, 6.45) is 7.56. The Bertz CT molecular complexity index is 739. The monoisotopic (exact) mass is 366 g/mol. The number of nitrogens with zero attached hydrogens (tertiary/aromatic N) is 2. The number of unbranched alkanes of at least 4 members (excludes halogenated alkanes) is 3. The number of hydrogen-bond acceptors (Lipinski definition) is 3. The highest BCUT2D eigenvalue weighted by Crippen LogP contribution is 2.20. The van der Waals surface area contributed by atoms with Gasteiger partial charge in [-0.3, -0.25) is 9.78 Å². The summed E-state index contributed by atoms with van der Waals surface area (Å²) in [4.78, 5) is 30.0. The third kappa shape index (κ3) is 5.54. The van der Waals surface area contributed by atoms with Crippen LogP contribution in [0.5, 0.6) is 0 Å². The molecule has 2 aromatic rings. The highest BCUT2D eigenvalue weighted by Gasteiger charge is 2.22. The minimum atomic E-state index is -0.0235. The maximum absolute atomic E-state index is 12.2. The molecule has 2 N–H and O–H groups in total. The van der Waals surface area contributed by atoms with Crippen LogP contribution in [0.4, 0.5) is 4.79 Å². The Hall–Kier alpha value is -2.89. The molecule has 3 amide bonds. The molecule has 142 valence electrons. The van der Waals surface area contributed by atoms with Crippen LogP contribution in [0.2, 0.25) is 0 Å². The summed E-state index contributed by atoms with van der Waals surface area (Å²) in [6.45, 7) is 2.65. The lowest BCUT2D eigenvalue weighted by Gasteiger charge is -2.16.